The van der Waals surface area contributed by atoms with Crippen LogP contribution < -0.4 is 10.6 Å². The maximum Gasteiger partial charge on any atom is 0.335 e. The SMILES string of the molecule is C.C.CNc1cc(CNCc2ccc(C(=O)O)cc2)c(O)c2c1CC1CC3CC(=O)C(C(C)=O)=C(O)[C@@]3(O)C(=O)C1=C2O. The van der Waals surface area contributed by atoms with Crippen LogP contribution in [0.5, 0.6) is 5.75 Å². The van der Waals surface area contributed by atoms with Gasteiger partial charge in [0.05, 0.1) is 11.1 Å². The van der Waals surface area contributed by atoms with E-state index < -0.39 is 57.8 Å². The largest absolute Gasteiger partial charge is 0.508 e. The molecule has 3 aliphatic carbocycles. The molecule has 5 rings (SSSR count). The summed E-state index contributed by atoms with van der Waals surface area (Å²) in [6, 6.07) is 8.05. The number of hydrogen-bond donors (Lipinski definition) is 7. The molecule has 0 spiro atoms. The van der Waals surface area contributed by atoms with Crippen molar-refractivity contribution in [1.29, 1.82) is 0 Å². The summed E-state index contributed by atoms with van der Waals surface area (Å²) >= 11 is 0. The maximum atomic E-state index is 13.7. The fourth-order valence-corrected chi connectivity index (χ4v) is 6.32. The highest BCUT2D eigenvalue weighted by molar-refractivity contribution is 6.23. The first kappa shape index (κ1) is 33.0. The topological polar surface area (TPSA) is 193 Å². The first-order valence-electron chi connectivity index (χ1n) is 13.2. The number of phenols is 1. The first-order chi connectivity index (χ1) is 19.4. The summed E-state index contributed by atoms with van der Waals surface area (Å²) < 4.78 is 0. The Morgan fingerprint density at radius 2 is 1.67 bits per heavy atom. The molecule has 0 saturated heterocycles. The molecule has 3 atom stereocenters. The molecule has 2 aromatic rings. The van der Waals surface area contributed by atoms with Crippen LogP contribution in [0.3, 0.4) is 0 Å². The molecule has 0 radical (unpaired) electrons. The second kappa shape index (κ2) is 12.0. The average Bonchev–Trinajstić information content (AvgIpc) is 2.92. The fraction of sp³-hybridized carbons (Fsp3) is 0.375. The van der Waals surface area contributed by atoms with Gasteiger partial charge in [0.15, 0.2) is 17.2 Å². The molecule has 0 bridgehead atoms. The zero-order valence-corrected chi connectivity index (χ0v) is 22.4. The third-order valence-electron chi connectivity index (χ3n) is 8.36. The van der Waals surface area contributed by atoms with Gasteiger partial charge in [-0.05, 0) is 55.0 Å². The Bertz CT molecular complexity index is 1570. The van der Waals surface area contributed by atoms with E-state index in [1.54, 1.807) is 25.2 Å². The highest BCUT2D eigenvalue weighted by Gasteiger charge is 2.60. The number of rotatable bonds is 7. The number of hydrogen-bond acceptors (Lipinski definition) is 10. The second-order valence-electron chi connectivity index (χ2n) is 10.7. The van der Waals surface area contributed by atoms with Crippen molar-refractivity contribution in [3.8, 4) is 5.75 Å². The number of ketones is 3. The second-order valence-corrected chi connectivity index (χ2v) is 10.7. The van der Waals surface area contributed by atoms with Gasteiger partial charge in [-0.15, -0.1) is 0 Å². The summed E-state index contributed by atoms with van der Waals surface area (Å²) in [5, 5.41) is 60.2. The molecule has 2 aromatic carbocycles. The van der Waals surface area contributed by atoms with E-state index in [-0.39, 0.29) is 63.1 Å². The molecule has 11 heteroatoms. The van der Waals surface area contributed by atoms with Crippen molar-refractivity contribution in [3.63, 3.8) is 0 Å². The lowest BCUT2D eigenvalue weighted by Gasteiger charge is -2.46. The van der Waals surface area contributed by atoms with Gasteiger partial charge in [0.25, 0.3) is 0 Å². The Hall–Kier alpha value is -4.48. The van der Waals surface area contributed by atoms with Crippen LogP contribution in [0, 0.1) is 11.8 Å². The normalized spacial score (nSPS) is 22.5. The minimum absolute atomic E-state index is 0. The Morgan fingerprint density at radius 1 is 1.02 bits per heavy atom. The van der Waals surface area contributed by atoms with E-state index in [4.69, 9.17) is 5.11 Å². The molecule has 230 valence electrons. The van der Waals surface area contributed by atoms with Crippen LogP contribution in [0.4, 0.5) is 5.69 Å². The van der Waals surface area contributed by atoms with Crippen LogP contribution in [-0.4, -0.2) is 61.5 Å². The van der Waals surface area contributed by atoms with E-state index >= 15 is 0 Å². The van der Waals surface area contributed by atoms with Crippen molar-refractivity contribution in [1.82, 2.24) is 5.32 Å². The number of aromatic hydroxyl groups is 1. The molecule has 7 N–H and O–H groups in total. The number of anilines is 1. The number of nitrogens with one attached hydrogen (secondary N) is 2. The number of carbonyl (C=O) groups excluding carboxylic acids is 3. The van der Waals surface area contributed by atoms with Crippen LogP contribution in [0.1, 0.15) is 67.2 Å². The zero-order valence-electron chi connectivity index (χ0n) is 22.4. The quantitative estimate of drug-likeness (QED) is 0.182. The van der Waals surface area contributed by atoms with Gasteiger partial charge in [-0.3, -0.25) is 14.4 Å². The van der Waals surface area contributed by atoms with Crippen molar-refractivity contribution in [2.24, 2.45) is 11.8 Å². The Kier molecular flexibility index (Phi) is 9.23. The standard InChI is InChI=1S/C30H30N2O9.2CH4/c1-13(33)22-21(34)10-18-7-16-8-19-20(31-2)9-17(12-32-11-14-3-5-15(6-4-14)29(39)40)25(35)24(19)26(36)23(16)28(38)30(18,41)27(22)37;;/h3-6,9,16,18,31-32,35-37,41H,7-8,10-12H2,1-2H3,(H,39,40);2*1H4/t16?,18?,30-;;/m1../s1. The zero-order chi connectivity index (χ0) is 29.8. The van der Waals surface area contributed by atoms with E-state index in [9.17, 15) is 39.6 Å². The number of allylic oxidation sites excluding steroid dienone is 1. The number of carboxylic acid groups (broad SMARTS) is 1. The predicted molar refractivity (Wildman–Crippen MR) is 160 cm³/mol. The first-order valence-corrected chi connectivity index (χ1v) is 13.2. The monoisotopic (exact) mass is 594 g/mol. The van der Waals surface area contributed by atoms with Gasteiger partial charge in [0.1, 0.15) is 22.8 Å². The lowest BCUT2D eigenvalue weighted by molar-refractivity contribution is -0.147. The average molecular weight is 595 g/mol. The number of Topliss-reactive ketones (excluding diaryl/α,β-unsaturated/α-hetero) is 3. The molecule has 11 nitrogen and oxygen atoms in total. The van der Waals surface area contributed by atoms with Gasteiger partial charge in [-0.1, -0.05) is 27.0 Å². The number of aromatic carboxylic acids is 1. The van der Waals surface area contributed by atoms with Gasteiger partial charge in [0.2, 0.25) is 5.78 Å². The fourth-order valence-electron chi connectivity index (χ4n) is 6.32. The molecule has 1 saturated carbocycles. The van der Waals surface area contributed by atoms with E-state index in [2.05, 4.69) is 10.6 Å². The molecular weight excluding hydrogens is 556 g/mol. The smallest absolute Gasteiger partial charge is 0.335 e. The van der Waals surface area contributed by atoms with Gasteiger partial charge < -0.3 is 36.2 Å². The summed E-state index contributed by atoms with van der Waals surface area (Å²) in [6.07, 6.45) is 0.0149. The van der Waals surface area contributed by atoms with Crippen LogP contribution in [0.25, 0.3) is 5.76 Å². The summed E-state index contributed by atoms with van der Waals surface area (Å²) in [7, 11) is 1.68. The van der Waals surface area contributed by atoms with Crippen molar-refractivity contribution in [2.75, 3.05) is 12.4 Å². The third kappa shape index (κ3) is 5.19. The predicted octanol–water partition coefficient (Wildman–Crippen LogP) is 3.83. The molecule has 0 amide bonds. The van der Waals surface area contributed by atoms with Gasteiger partial charge in [-0.2, -0.15) is 0 Å². The van der Waals surface area contributed by atoms with Crippen molar-refractivity contribution in [3.05, 3.63) is 75.1 Å². The Morgan fingerprint density at radius 3 is 2.26 bits per heavy atom. The molecule has 1 fully saturated rings. The van der Waals surface area contributed by atoms with Crippen molar-refractivity contribution < 1.29 is 44.7 Å². The Balaban J connectivity index is 0.00000253. The third-order valence-corrected chi connectivity index (χ3v) is 8.36. The molecule has 0 aromatic heterocycles. The van der Waals surface area contributed by atoms with Gasteiger partial charge in [-0.25, -0.2) is 4.79 Å². The molecule has 3 aliphatic rings. The lowest BCUT2D eigenvalue weighted by atomic mass is 9.59. The molecule has 43 heavy (non-hydrogen) atoms. The van der Waals surface area contributed by atoms with Crippen LogP contribution in [-0.2, 0) is 33.9 Å². The number of aliphatic hydroxyl groups is 3. The van der Waals surface area contributed by atoms with Crippen LogP contribution >= 0.6 is 0 Å². The molecule has 0 aliphatic heterocycles. The summed E-state index contributed by atoms with van der Waals surface area (Å²) in [5.74, 6) is -6.79. The number of carbonyl (C=O) groups is 4. The lowest BCUT2D eigenvalue weighted by Crippen LogP contribution is -2.57. The number of phenolic OH excluding ortho intramolecular Hbond substituents is 1. The minimum atomic E-state index is -2.54. The van der Waals surface area contributed by atoms with E-state index in [1.807, 2.05) is 0 Å². The van der Waals surface area contributed by atoms with E-state index in [0.29, 0.717) is 23.4 Å². The van der Waals surface area contributed by atoms with Gasteiger partial charge in [0, 0.05) is 49.3 Å². The Labute approximate surface area is 249 Å². The maximum absolute atomic E-state index is 13.7. The van der Waals surface area contributed by atoms with E-state index in [0.717, 1.165) is 12.5 Å². The highest BCUT2D eigenvalue weighted by Crippen LogP contribution is 2.53. The molecule has 2 unspecified atom stereocenters. The molecule has 0 heterocycles. The number of aliphatic hydroxyl groups excluding tert-OH is 2. The summed E-state index contributed by atoms with van der Waals surface area (Å²) in [6.45, 7) is 1.58. The van der Waals surface area contributed by atoms with Crippen molar-refractivity contribution in [2.45, 2.75) is 59.7 Å². The van der Waals surface area contributed by atoms with Gasteiger partial charge >= 0.3 is 5.97 Å². The van der Waals surface area contributed by atoms with Crippen LogP contribution in [0.15, 0.2) is 47.2 Å². The van der Waals surface area contributed by atoms with Crippen LogP contribution in [0.2, 0.25) is 0 Å². The highest BCUT2D eigenvalue weighted by atomic mass is 16.4. The summed E-state index contributed by atoms with van der Waals surface area (Å²) in [4.78, 5) is 49.4. The van der Waals surface area contributed by atoms with E-state index in [1.165, 1.54) is 12.1 Å². The van der Waals surface area contributed by atoms with Crippen molar-refractivity contribution >= 4 is 34.8 Å². The number of carboxylic acids is 1. The minimum Gasteiger partial charge on any atom is -0.508 e. The summed E-state index contributed by atoms with van der Waals surface area (Å²) in [5.41, 5.74) is -0.727. The number of fused-ring (bicyclic) bond motifs is 3. The molecular formula is C32H38N2O9. The number of benzene rings is 2.